The van der Waals surface area contributed by atoms with Crippen molar-refractivity contribution in [2.75, 3.05) is 32.7 Å². The molecular weight excluding hydrogens is 230 g/mol. The van der Waals surface area contributed by atoms with E-state index in [-0.39, 0.29) is 11.9 Å². The number of H-pyrrole nitrogens is 1. The molecule has 1 fully saturated rings. The maximum absolute atomic E-state index is 12.0. The van der Waals surface area contributed by atoms with E-state index in [9.17, 15) is 4.79 Å². The fourth-order valence-electron chi connectivity index (χ4n) is 2.14. The fraction of sp³-hybridized carbons (Fsp3) is 0.667. The third kappa shape index (κ3) is 3.54. The third-order valence-electron chi connectivity index (χ3n) is 3.17. The zero-order chi connectivity index (χ0) is 12.8. The molecule has 1 aromatic rings. The van der Waals surface area contributed by atoms with Crippen LogP contribution in [0, 0.1) is 0 Å². The van der Waals surface area contributed by atoms with Crippen LogP contribution in [0.2, 0.25) is 0 Å². The summed E-state index contributed by atoms with van der Waals surface area (Å²) in [6.07, 6.45) is 4.32. The second-order valence-electron chi connectivity index (χ2n) is 4.53. The molecule has 6 nitrogen and oxygen atoms in total. The van der Waals surface area contributed by atoms with Crippen LogP contribution in [0.3, 0.4) is 0 Å². The van der Waals surface area contributed by atoms with Crippen LogP contribution < -0.4 is 10.6 Å². The van der Waals surface area contributed by atoms with Gasteiger partial charge in [-0.2, -0.15) is 0 Å². The lowest BCUT2D eigenvalue weighted by atomic mass is 10.2. The van der Waals surface area contributed by atoms with Gasteiger partial charge in [0.2, 0.25) is 5.91 Å². The van der Waals surface area contributed by atoms with Crippen LogP contribution in [0.15, 0.2) is 12.4 Å². The van der Waals surface area contributed by atoms with E-state index < -0.39 is 0 Å². The van der Waals surface area contributed by atoms with Crippen molar-refractivity contribution in [2.24, 2.45) is 0 Å². The Morgan fingerprint density at radius 1 is 1.56 bits per heavy atom. The Morgan fingerprint density at radius 3 is 2.94 bits per heavy atom. The number of hydrogen-bond acceptors (Lipinski definition) is 4. The van der Waals surface area contributed by atoms with Gasteiger partial charge >= 0.3 is 0 Å². The van der Waals surface area contributed by atoms with Crippen LogP contribution in [-0.4, -0.2) is 53.5 Å². The number of carbonyl (C=O) groups is 1. The van der Waals surface area contributed by atoms with Crippen molar-refractivity contribution in [2.45, 2.75) is 19.4 Å². The molecule has 2 rings (SSSR count). The van der Waals surface area contributed by atoms with Crippen LogP contribution in [0.5, 0.6) is 0 Å². The van der Waals surface area contributed by atoms with Crippen molar-refractivity contribution in [3.05, 3.63) is 18.2 Å². The number of rotatable bonds is 5. The van der Waals surface area contributed by atoms with Crippen molar-refractivity contribution < 1.29 is 4.79 Å². The summed E-state index contributed by atoms with van der Waals surface area (Å²) in [5.74, 6) is 0.895. The molecule has 1 atom stereocenters. The molecule has 1 aliphatic heterocycles. The van der Waals surface area contributed by atoms with E-state index in [1.807, 2.05) is 6.92 Å². The molecule has 18 heavy (non-hydrogen) atoms. The smallest absolute Gasteiger partial charge is 0.234 e. The molecule has 0 aliphatic carbocycles. The molecule has 0 saturated carbocycles. The zero-order valence-electron chi connectivity index (χ0n) is 10.8. The highest BCUT2D eigenvalue weighted by Gasteiger charge is 2.18. The van der Waals surface area contributed by atoms with E-state index in [4.69, 9.17) is 0 Å². The number of nitrogens with zero attached hydrogens (tertiary/aromatic N) is 2. The van der Waals surface area contributed by atoms with E-state index in [2.05, 4.69) is 25.5 Å². The Morgan fingerprint density at radius 2 is 2.33 bits per heavy atom. The van der Waals surface area contributed by atoms with Crippen molar-refractivity contribution in [1.29, 1.82) is 0 Å². The standard InChI is InChI=1S/C12H21N5O/c1-2-10(12-14-3-4-15-12)16-11(18)9-17-7-5-13-6-8-17/h3-4,10,13H,2,5-9H2,1H3,(H,14,15)(H,16,18). The van der Waals surface area contributed by atoms with Gasteiger partial charge in [-0.05, 0) is 6.42 Å². The van der Waals surface area contributed by atoms with Gasteiger partial charge in [-0.3, -0.25) is 9.69 Å². The zero-order valence-corrected chi connectivity index (χ0v) is 10.8. The Kier molecular flexibility index (Phi) is 4.72. The molecular formula is C12H21N5O. The summed E-state index contributed by atoms with van der Waals surface area (Å²) < 4.78 is 0. The molecule has 0 radical (unpaired) electrons. The first kappa shape index (κ1) is 13.0. The number of carbonyl (C=O) groups excluding carboxylic acids is 1. The first-order valence-electron chi connectivity index (χ1n) is 6.51. The Labute approximate surface area is 107 Å². The van der Waals surface area contributed by atoms with Gasteiger partial charge in [0.25, 0.3) is 0 Å². The third-order valence-corrected chi connectivity index (χ3v) is 3.17. The van der Waals surface area contributed by atoms with Crippen LogP contribution in [0.1, 0.15) is 25.2 Å². The van der Waals surface area contributed by atoms with Gasteiger partial charge in [0.05, 0.1) is 12.6 Å². The first-order valence-corrected chi connectivity index (χ1v) is 6.51. The second kappa shape index (κ2) is 6.51. The number of aromatic amines is 1. The van der Waals surface area contributed by atoms with Crippen LogP contribution >= 0.6 is 0 Å². The number of imidazole rings is 1. The number of piperazine rings is 1. The van der Waals surface area contributed by atoms with E-state index in [0.717, 1.165) is 38.4 Å². The van der Waals surface area contributed by atoms with Crippen molar-refractivity contribution in [1.82, 2.24) is 25.5 Å². The predicted molar refractivity (Wildman–Crippen MR) is 69.1 cm³/mol. The highest BCUT2D eigenvalue weighted by Crippen LogP contribution is 2.10. The van der Waals surface area contributed by atoms with Crippen molar-refractivity contribution >= 4 is 5.91 Å². The number of aromatic nitrogens is 2. The molecule has 100 valence electrons. The molecule has 6 heteroatoms. The molecule has 1 unspecified atom stereocenters. The average Bonchev–Trinajstić information content (AvgIpc) is 2.91. The Hall–Kier alpha value is -1.40. The van der Waals surface area contributed by atoms with E-state index in [1.165, 1.54) is 0 Å². The molecule has 0 spiro atoms. The summed E-state index contributed by atoms with van der Waals surface area (Å²) >= 11 is 0. The second-order valence-corrected chi connectivity index (χ2v) is 4.53. The normalized spacial score (nSPS) is 18.5. The molecule has 1 saturated heterocycles. The highest BCUT2D eigenvalue weighted by atomic mass is 16.2. The lowest BCUT2D eigenvalue weighted by Gasteiger charge is -2.27. The number of nitrogens with one attached hydrogen (secondary N) is 3. The minimum absolute atomic E-state index is 0.0181. The van der Waals surface area contributed by atoms with E-state index >= 15 is 0 Å². The van der Waals surface area contributed by atoms with Gasteiger partial charge in [-0.25, -0.2) is 4.98 Å². The molecule has 0 aromatic carbocycles. The largest absolute Gasteiger partial charge is 0.347 e. The van der Waals surface area contributed by atoms with E-state index in [0.29, 0.717) is 6.54 Å². The summed E-state index contributed by atoms with van der Waals surface area (Å²) in [5, 5.41) is 6.30. The Balaban J connectivity index is 1.82. The lowest BCUT2D eigenvalue weighted by Crippen LogP contribution is -2.48. The average molecular weight is 251 g/mol. The quantitative estimate of drug-likeness (QED) is 0.682. The van der Waals surface area contributed by atoms with Crippen molar-refractivity contribution in [3.8, 4) is 0 Å². The summed E-state index contributed by atoms with van der Waals surface area (Å²) in [7, 11) is 0. The summed E-state index contributed by atoms with van der Waals surface area (Å²) in [4.78, 5) is 21.4. The van der Waals surface area contributed by atoms with Gasteiger partial charge < -0.3 is 15.6 Å². The molecule has 3 N–H and O–H groups in total. The van der Waals surface area contributed by atoms with Gasteiger partial charge in [-0.15, -0.1) is 0 Å². The SMILES string of the molecule is CCC(NC(=O)CN1CCNCC1)c1ncc[nH]1. The monoisotopic (exact) mass is 251 g/mol. The topological polar surface area (TPSA) is 73.1 Å². The molecule has 1 amide bonds. The van der Waals surface area contributed by atoms with Crippen molar-refractivity contribution in [3.63, 3.8) is 0 Å². The highest BCUT2D eigenvalue weighted by molar-refractivity contribution is 5.78. The van der Waals surface area contributed by atoms with Gasteiger partial charge in [0, 0.05) is 38.6 Å². The van der Waals surface area contributed by atoms with Crippen LogP contribution in [0.4, 0.5) is 0 Å². The summed E-state index contributed by atoms with van der Waals surface area (Å²) in [6, 6.07) is -0.0181. The van der Waals surface area contributed by atoms with Crippen LogP contribution in [0.25, 0.3) is 0 Å². The summed E-state index contributed by atoms with van der Waals surface area (Å²) in [6.45, 7) is 6.30. The van der Waals surface area contributed by atoms with Gasteiger partial charge in [-0.1, -0.05) is 6.92 Å². The number of amides is 1. The molecule has 0 bridgehead atoms. The molecule has 1 aliphatic rings. The van der Waals surface area contributed by atoms with Gasteiger partial charge in [0.15, 0.2) is 0 Å². The fourth-order valence-corrected chi connectivity index (χ4v) is 2.14. The first-order chi connectivity index (χ1) is 8.79. The Bertz CT molecular complexity index is 359. The maximum atomic E-state index is 12.0. The molecule has 2 heterocycles. The van der Waals surface area contributed by atoms with E-state index in [1.54, 1.807) is 12.4 Å². The number of hydrogen-bond donors (Lipinski definition) is 3. The maximum Gasteiger partial charge on any atom is 0.234 e. The summed E-state index contributed by atoms with van der Waals surface area (Å²) in [5.41, 5.74) is 0. The predicted octanol–water partition coefficient (Wildman–Crippen LogP) is -0.118. The lowest BCUT2D eigenvalue weighted by molar-refractivity contribution is -0.123. The van der Waals surface area contributed by atoms with Crippen LogP contribution in [-0.2, 0) is 4.79 Å². The minimum atomic E-state index is -0.0181. The minimum Gasteiger partial charge on any atom is -0.347 e. The van der Waals surface area contributed by atoms with Gasteiger partial charge in [0.1, 0.15) is 5.82 Å². The molecule has 1 aromatic heterocycles.